The summed E-state index contributed by atoms with van der Waals surface area (Å²) >= 11 is 0. The summed E-state index contributed by atoms with van der Waals surface area (Å²) in [5.41, 5.74) is 5.13. The van der Waals surface area contributed by atoms with Gasteiger partial charge in [-0.05, 0) is 25.7 Å². The fourth-order valence-electron chi connectivity index (χ4n) is 1.96. The SMILES string of the molecule is N=C(N)NCCC[C@H](NC(=O)CCCCOCCOCCOO)C(=O)O. The summed E-state index contributed by atoms with van der Waals surface area (Å²) in [5.74, 6) is -1.57. The second-order valence-electron chi connectivity index (χ2n) is 5.46. The van der Waals surface area contributed by atoms with E-state index in [0.717, 1.165) is 0 Å². The van der Waals surface area contributed by atoms with Gasteiger partial charge in [0.2, 0.25) is 5.91 Å². The quantitative estimate of drug-likeness (QED) is 0.0641. The number of ether oxygens (including phenoxy) is 2. The molecule has 1 amide bonds. The minimum absolute atomic E-state index is 0.111. The molecule has 0 saturated carbocycles. The number of hydrogen-bond acceptors (Lipinski definition) is 7. The zero-order chi connectivity index (χ0) is 19.6. The monoisotopic (exact) mass is 378 g/mol. The molecule has 0 aliphatic rings. The third-order valence-electron chi connectivity index (χ3n) is 3.25. The van der Waals surface area contributed by atoms with Crippen LogP contribution in [0.3, 0.4) is 0 Å². The van der Waals surface area contributed by atoms with Crippen molar-refractivity contribution >= 4 is 17.8 Å². The molecular formula is C15H30N4O7. The van der Waals surface area contributed by atoms with Crippen LogP contribution in [0.4, 0.5) is 0 Å². The molecule has 7 N–H and O–H groups in total. The molecule has 0 spiro atoms. The molecular weight excluding hydrogens is 348 g/mol. The average molecular weight is 378 g/mol. The Morgan fingerprint density at radius 2 is 1.69 bits per heavy atom. The smallest absolute Gasteiger partial charge is 0.326 e. The van der Waals surface area contributed by atoms with Crippen LogP contribution in [-0.4, -0.2) is 73.8 Å². The molecule has 11 heteroatoms. The Balaban J connectivity index is 3.67. The number of unbranched alkanes of at least 4 members (excludes halogenated alkanes) is 1. The van der Waals surface area contributed by atoms with E-state index in [2.05, 4.69) is 15.5 Å². The van der Waals surface area contributed by atoms with Crippen LogP contribution in [-0.2, 0) is 24.0 Å². The van der Waals surface area contributed by atoms with Crippen molar-refractivity contribution in [3.8, 4) is 0 Å². The molecule has 1 atom stereocenters. The number of amides is 1. The molecule has 0 fully saturated rings. The number of guanidine groups is 1. The van der Waals surface area contributed by atoms with Gasteiger partial charge < -0.3 is 30.9 Å². The van der Waals surface area contributed by atoms with Gasteiger partial charge in [0.05, 0.1) is 19.8 Å². The highest BCUT2D eigenvalue weighted by Crippen LogP contribution is 2.01. The molecule has 0 rings (SSSR count). The van der Waals surface area contributed by atoms with Gasteiger partial charge in [-0.25, -0.2) is 9.68 Å². The molecule has 11 nitrogen and oxygen atoms in total. The number of nitrogens with two attached hydrogens (primary N) is 1. The molecule has 0 aliphatic carbocycles. The predicted molar refractivity (Wildman–Crippen MR) is 92.8 cm³/mol. The molecule has 0 heterocycles. The maximum atomic E-state index is 11.8. The second-order valence-corrected chi connectivity index (χ2v) is 5.46. The molecule has 0 saturated heterocycles. The summed E-state index contributed by atoms with van der Waals surface area (Å²) < 4.78 is 10.4. The van der Waals surface area contributed by atoms with E-state index >= 15 is 0 Å². The first-order valence-corrected chi connectivity index (χ1v) is 8.49. The number of rotatable bonds is 17. The van der Waals surface area contributed by atoms with Crippen LogP contribution in [0.15, 0.2) is 0 Å². The zero-order valence-electron chi connectivity index (χ0n) is 14.9. The number of carbonyl (C=O) groups is 2. The highest BCUT2D eigenvalue weighted by molar-refractivity contribution is 5.83. The van der Waals surface area contributed by atoms with Crippen molar-refractivity contribution in [1.29, 1.82) is 5.41 Å². The molecule has 0 aromatic heterocycles. The zero-order valence-corrected chi connectivity index (χ0v) is 14.9. The average Bonchev–Trinajstić information content (AvgIpc) is 2.58. The maximum absolute atomic E-state index is 11.8. The minimum atomic E-state index is -1.09. The second kappa shape index (κ2) is 16.5. The van der Waals surface area contributed by atoms with Crippen LogP contribution in [0.5, 0.6) is 0 Å². The lowest BCUT2D eigenvalue weighted by molar-refractivity contribution is -0.249. The lowest BCUT2D eigenvalue weighted by Crippen LogP contribution is -2.41. The molecule has 0 aromatic rings. The van der Waals surface area contributed by atoms with Gasteiger partial charge in [-0.1, -0.05) is 0 Å². The van der Waals surface area contributed by atoms with Gasteiger partial charge in [0, 0.05) is 19.6 Å². The number of carboxylic acid groups (broad SMARTS) is 1. The number of aliphatic carboxylic acids is 1. The summed E-state index contributed by atoms with van der Waals surface area (Å²) in [6.07, 6.45) is 2.21. The first-order valence-electron chi connectivity index (χ1n) is 8.49. The van der Waals surface area contributed by atoms with Gasteiger partial charge in [0.15, 0.2) is 5.96 Å². The van der Waals surface area contributed by atoms with Crippen LogP contribution in [0.25, 0.3) is 0 Å². The van der Waals surface area contributed by atoms with E-state index in [1.165, 1.54) is 0 Å². The third kappa shape index (κ3) is 15.6. The molecule has 26 heavy (non-hydrogen) atoms. The Bertz CT molecular complexity index is 409. The van der Waals surface area contributed by atoms with Gasteiger partial charge >= 0.3 is 5.97 Å². The van der Waals surface area contributed by atoms with E-state index in [0.29, 0.717) is 45.6 Å². The van der Waals surface area contributed by atoms with E-state index in [1.54, 1.807) is 0 Å². The molecule has 152 valence electrons. The van der Waals surface area contributed by atoms with Crippen LogP contribution in [0, 0.1) is 5.41 Å². The van der Waals surface area contributed by atoms with Gasteiger partial charge in [-0.3, -0.25) is 15.5 Å². The maximum Gasteiger partial charge on any atom is 0.326 e. The Hall–Kier alpha value is -1.95. The van der Waals surface area contributed by atoms with Crippen molar-refractivity contribution in [1.82, 2.24) is 10.6 Å². The van der Waals surface area contributed by atoms with Crippen LogP contribution in [0.1, 0.15) is 32.1 Å². The first-order chi connectivity index (χ1) is 12.5. The van der Waals surface area contributed by atoms with Gasteiger partial charge in [0.1, 0.15) is 12.6 Å². The van der Waals surface area contributed by atoms with E-state index in [9.17, 15) is 9.59 Å². The standard InChI is InChI=1S/C15H30N4O7/c16-15(17)18-6-3-4-12(14(21)22)19-13(20)5-1-2-7-24-8-9-25-10-11-26-23/h12,23H,1-11H2,(H,19,20)(H,21,22)(H4,16,17,18)/t12-/m0/s1. The van der Waals surface area contributed by atoms with Gasteiger partial charge in [0.25, 0.3) is 0 Å². The van der Waals surface area contributed by atoms with Crippen LogP contribution < -0.4 is 16.4 Å². The van der Waals surface area contributed by atoms with Gasteiger partial charge in [-0.15, -0.1) is 0 Å². The van der Waals surface area contributed by atoms with Gasteiger partial charge in [-0.2, -0.15) is 0 Å². The summed E-state index contributed by atoms with van der Waals surface area (Å²) in [5, 5.41) is 29.3. The number of nitrogens with one attached hydrogen (secondary N) is 3. The largest absolute Gasteiger partial charge is 0.480 e. The molecule has 0 aliphatic heterocycles. The fraction of sp³-hybridized carbons (Fsp3) is 0.800. The highest BCUT2D eigenvalue weighted by atomic mass is 17.1. The Morgan fingerprint density at radius 3 is 2.31 bits per heavy atom. The van der Waals surface area contributed by atoms with Crippen LogP contribution >= 0.6 is 0 Å². The van der Waals surface area contributed by atoms with Crippen molar-refractivity contribution in [2.45, 2.75) is 38.1 Å². The highest BCUT2D eigenvalue weighted by Gasteiger charge is 2.19. The number of hydrogen-bond donors (Lipinski definition) is 6. The van der Waals surface area contributed by atoms with E-state index in [-0.39, 0.29) is 37.9 Å². The summed E-state index contributed by atoms with van der Waals surface area (Å²) in [4.78, 5) is 26.8. The first kappa shape index (κ1) is 24.1. The molecule has 0 radical (unpaired) electrons. The Labute approximate surface area is 152 Å². The van der Waals surface area contributed by atoms with Crippen molar-refractivity contribution < 1.29 is 34.3 Å². The third-order valence-corrected chi connectivity index (χ3v) is 3.25. The van der Waals surface area contributed by atoms with E-state index < -0.39 is 12.0 Å². The lowest BCUT2D eigenvalue weighted by atomic mass is 10.1. The fourth-order valence-corrected chi connectivity index (χ4v) is 1.96. The number of carboxylic acids is 1. The predicted octanol–water partition coefficient (Wildman–Crippen LogP) is -0.488. The van der Waals surface area contributed by atoms with Crippen molar-refractivity contribution in [2.75, 3.05) is 39.6 Å². The van der Waals surface area contributed by atoms with E-state index in [1.807, 2.05) is 0 Å². The van der Waals surface area contributed by atoms with Crippen molar-refractivity contribution in [2.24, 2.45) is 5.73 Å². The van der Waals surface area contributed by atoms with Crippen LogP contribution in [0.2, 0.25) is 0 Å². The topological polar surface area (TPSA) is 176 Å². The molecule has 0 unspecified atom stereocenters. The van der Waals surface area contributed by atoms with Crippen molar-refractivity contribution in [3.05, 3.63) is 0 Å². The normalized spacial score (nSPS) is 11.7. The minimum Gasteiger partial charge on any atom is -0.480 e. The van der Waals surface area contributed by atoms with Crippen molar-refractivity contribution in [3.63, 3.8) is 0 Å². The summed E-state index contributed by atoms with van der Waals surface area (Å²) in [7, 11) is 0. The molecule has 0 aromatic carbocycles. The van der Waals surface area contributed by atoms with E-state index in [4.69, 9.17) is 31.0 Å². The Morgan fingerprint density at radius 1 is 1.04 bits per heavy atom. The molecule has 0 bridgehead atoms. The summed E-state index contributed by atoms with van der Waals surface area (Å²) in [6.45, 7) is 2.06. The number of carbonyl (C=O) groups excluding carboxylic acids is 1. The summed E-state index contributed by atoms with van der Waals surface area (Å²) in [6, 6.07) is -0.951. The lowest BCUT2D eigenvalue weighted by Gasteiger charge is -2.14. The Kier molecular flexibility index (Phi) is 15.3.